The summed E-state index contributed by atoms with van der Waals surface area (Å²) in [4.78, 5) is 9.57. The second-order valence-electron chi connectivity index (χ2n) is 9.13. The van der Waals surface area contributed by atoms with E-state index < -0.39 is 0 Å². The highest BCUT2D eigenvalue weighted by atomic mass is 19.1. The summed E-state index contributed by atoms with van der Waals surface area (Å²) in [6.45, 7) is 4.18. The molecule has 0 bridgehead atoms. The zero-order valence-corrected chi connectivity index (χ0v) is 18.7. The molecule has 0 atom stereocenters. The van der Waals surface area contributed by atoms with Crippen LogP contribution in [0.5, 0.6) is 0 Å². The van der Waals surface area contributed by atoms with Gasteiger partial charge in [0.15, 0.2) is 5.89 Å². The van der Waals surface area contributed by atoms with Crippen LogP contribution in [0.3, 0.4) is 0 Å². The fourth-order valence-corrected chi connectivity index (χ4v) is 5.04. The maximum atomic E-state index is 14.2. The van der Waals surface area contributed by atoms with Gasteiger partial charge in [-0.1, -0.05) is 61.7 Å². The zero-order chi connectivity index (χ0) is 21.8. The lowest BCUT2D eigenvalue weighted by atomic mass is 9.89. The maximum Gasteiger partial charge on any atom is 0.197 e. The van der Waals surface area contributed by atoms with Crippen molar-refractivity contribution in [2.24, 2.45) is 0 Å². The fourth-order valence-electron chi connectivity index (χ4n) is 5.04. The molecule has 5 rings (SSSR count). The van der Waals surface area contributed by atoms with E-state index in [9.17, 15) is 4.39 Å². The van der Waals surface area contributed by atoms with Crippen molar-refractivity contribution in [1.82, 2.24) is 9.88 Å². The van der Waals surface area contributed by atoms with Crippen molar-refractivity contribution in [3.63, 3.8) is 0 Å². The fraction of sp³-hybridized carbons (Fsp3) is 0.444. The van der Waals surface area contributed by atoms with Crippen LogP contribution in [0.4, 0.5) is 10.1 Å². The van der Waals surface area contributed by atoms with E-state index in [2.05, 4.69) is 40.1 Å². The van der Waals surface area contributed by atoms with Crippen molar-refractivity contribution in [2.45, 2.75) is 51.0 Å². The molecule has 1 saturated heterocycles. The average molecular weight is 434 g/mol. The van der Waals surface area contributed by atoms with Gasteiger partial charge < -0.3 is 9.32 Å². The van der Waals surface area contributed by atoms with Gasteiger partial charge in [0, 0.05) is 38.5 Å². The molecule has 0 radical (unpaired) electrons. The number of nitrogens with zero attached hydrogens (tertiary/aromatic N) is 3. The molecule has 2 aromatic carbocycles. The molecular weight excluding hydrogens is 401 g/mol. The molecule has 3 aromatic rings. The number of para-hydroxylation sites is 1. The van der Waals surface area contributed by atoms with Crippen molar-refractivity contribution < 1.29 is 8.81 Å². The average Bonchev–Trinajstić information content (AvgIpc) is 3.23. The predicted molar refractivity (Wildman–Crippen MR) is 125 cm³/mol. The van der Waals surface area contributed by atoms with Crippen LogP contribution in [0.1, 0.15) is 60.9 Å². The number of hydrogen-bond acceptors (Lipinski definition) is 4. The monoisotopic (exact) mass is 433 g/mol. The van der Waals surface area contributed by atoms with Gasteiger partial charge in [0.05, 0.1) is 17.9 Å². The Morgan fingerprint density at radius 3 is 2.34 bits per heavy atom. The van der Waals surface area contributed by atoms with Crippen LogP contribution in [0.2, 0.25) is 0 Å². The third-order valence-electron chi connectivity index (χ3n) is 6.90. The quantitative estimate of drug-likeness (QED) is 0.494. The molecule has 1 aliphatic heterocycles. The Balaban J connectivity index is 1.30. The van der Waals surface area contributed by atoms with E-state index in [4.69, 9.17) is 9.40 Å². The van der Waals surface area contributed by atoms with Crippen LogP contribution >= 0.6 is 0 Å². The summed E-state index contributed by atoms with van der Waals surface area (Å²) in [6.07, 6.45) is 7.05. The number of hydrogen-bond donors (Lipinski definition) is 0. The normalized spacial score (nSPS) is 18.2. The molecule has 1 saturated carbocycles. The summed E-state index contributed by atoms with van der Waals surface area (Å²) in [5.74, 6) is 2.27. The number of halogens is 1. The number of oxazole rings is 1. The van der Waals surface area contributed by atoms with E-state index in [1.54, 1.807) is 12.1 Å². The van der Waals surface area contributed by atoms with E-state index in [-0.39, 0.29) is 5.82 Å². The largest absolute Gasteiger partial charge is 0.444 e. The van der Waals surface area contributed by atoms with Crippen molar-refractivity contribution in [3.8, 4) is 0 Å². The molecule has 0 N–H and O–H groups in total. The van der Waals surface area contributed by atoms with Gasteiger partial charge >= 0.3 is 0 Å². The second kappa shape index (κ2) is 9.86. The predicted octanol–water partition coefficient (Wildman–Crippen LogP) is 5.77. The smallest absolute Gasteiger partial charge is 0.197 e. The number of anilines is 1. The minimum Gasteiger partial charge on any atom is -0.444 e. The maximum absolute atomic E-state index is 14.2. The number of benzene rings is 2. The number of aromatic nitrogens is 1. The van der Waals surface area contributed by atoms with E-state index in [1.165, 1.54) is 37.7 Å². The molecule has 4 nitrogen and oxygen atoms in total. The van der Waals surface area contributed by atoms with Gasteiger partial charge in [0.2, 0.25) is 0 Å². The summed E-state index contributed by atoms with van der Waals surface area (Å²) >= 11 is 0. The lowest BCUT2D eigenvalue weighted by Gasteiger charge is -2.35. The first-order valence-electron chi connectivity index (χ1n) is 12.0. The molecule has 0 amide bonds. The Morgan fingerprint density at radius 2 is 1.59 bits per heavy atom. The van der Waals surface area contributed by atoms with Crippen molar-refractivity contribution >= 4 is 5.69 Å². The molecule has 168 valence electrons. The highest BCUT2D eigenvalue weighted by Crippen LogP contribution is 2.34. The molecule has 1 aliphatic carbocycles. The molecule has 2 heterocycles. The molecule has 2 fully saturated rings. The Hall–Kier alpha value is -2.66. The molecule has 1 aromatic heterocycles. The highest BCUT2D eigenvalue weighted by molar-refractivity contribution is 5.48. The van der Waals surface area contributed by atoms with E-state index in [1.807, 2.05) is 12.1 Å². The van der Waals surface area contributed by atoms with Gasteiger partial charge in [0.1, 0.15) is 11.6 Å². The topological polar surface area (TPSA) is 32.5 Å². The Morgan fingerprint density at radius 1 is 0.875 bits per heavy atom. The molecular formula is C27H32FN3O. The number of piperazine rings is 1. The molecule has 2 aliphatic rings. The highest BCUT2D eigenvalue weighted by Gasteiger charge is 2.26. The van der Waals surface area contributed by atoms with Gasteiger partial charge in [-0.2, -0.15) is 0 Å². The van der Waals surface area contributed by atoms with Crippen LogP contribution in [-0.2, 0) is 13.0 Å². The van der Waals surface area contributed by atoms with Gasteiger partial charge in [-0.25, -0.2) is 9.37 Å². The van der Waals surface area contributed by atoms with Crippen LogP contribution in [0.25, 0.3) is 0 Å². The zero-order valence-electron chi connectivity index (χ0n) is 18.7. The van der Waals surface area contributed by atoms with Gasteiger partial charge in [-0.15, -0.1) is 0 Å². The first kappa shape index (κ1) is 21.2. The SMILES string of the molecule is Fc1ccccc1N1CCN(Cc2oc(C3CCCCC3)nc2Cc2ccccc2)CC1. The van der Waals surface area contributed by atoms with E-state index in [0.717, 1.165) is 56.5 Å². The lowest BCUT2D eigenvalue weighted by Crippen LogP contribution is -2.46. The van der Waals surface area contributed by atoms with Gasteiger partial charge in [-0.3, -0.25) is 4.90 Å². The van der Waals surface area contributed by atoms with Crippen molar-refractivity contribution in [3.05, 3.63) is 83.3 Å². The standard InChI is InChI=1S/C27H32FN3O/c28-23-13-7-8-14-25(23)31-17-15-30(16-18-31)20-26-24(19-21-9-3-1-4-10-21)29-27(32-26)22-11-5-2-6-12-22/h1,3-4,7-10,13-14,22H,2,5-6,11-12,15-20H2. The van der Waals surface area contributed by atoms with Gasteiger partial charge in [-0.05, 0) is 30.5 Å². The molecule has 0 unspecified atom stereocenters. The van der Waals surface area contributed by atoms with E-state index in [0.29, 0.717) is 11.6 Å². The summed E-state index contributed by atoms with van der Waals surface area (Å²) in [5.41, 5.74) is 3.05. The lowest BCUT2D eigenvalue weighted by molar-refractivity contribution is 0.224. The molecule has 0 spiro atoms. The van der Waals surface area contributed by atoms with E-state index >= 15 is 0 Å². The van der Waals surface area contributed by atoms with Gasteiger partial charge in [0.25, 0.3) is 0 Å². The minimum absolute atomic E-state index is 0.140. The Bertz CT molecular complexity index is 1000. The minimum atomic E-state index is -0.140. The summed E-state index contributed by atoms with van der Waals surface area (Å²) < 4.78 is 20.6. The molecule has 5 heteroatoms. The summed E-state index contributed by atoms with van der Waals surface area (Å²) in [7, 11) is 0. The van der Waals surface area contributed by atoms with Crippen molar-refractivity contribution in [2.75, 3.05) is 31.1 Å². The van der Waals surface area contributed by atoms with Crippen molar-refractivity contribution in [1.29, 1.82) is 0 Å². The second-order valence-corrected chi connectivity index (χ2v) is 9.13. The molecule has 32 heavy (non-hydrogen) atoms. The van der Waals surface area contributed by atoms with Crippen LogP contribution in [0.15, 0.2) is 59.0 Å². The number of rotatable bonds is 6. The summed E-state index contributed by atoms with van der Waals surface area (Å²) in [6, 6.07) is 17.6. The van der Waals surface area contributed by atoms with Crippen LogP contribution in [0, 0.1) is 5.82 Å². The first-order valence-corrected chi connectivity index (χ1v) is 12.0. The Labute approximate surface area is 190 Å². The Kier molecular flexibility index (Phi) is 6.54. The summed E-state index contributed by atoms with van der Waals surface area (Å²) in [5, 5.41) is 0. The third-order valence-corrected chi connectivity index (χ3v) is 6.90. The first-order chi connectivity index (χ1) is 15.8. The van der Waals surface area contributed by atoms with Crippen LogP contribution in [-0.4, -0.2) is 36.1 Å². The van der Waals surface area contributed by atoms with Crippen LogP contribution < -0.4 is 4.90 Å². The third kappa shape index (κ3) is 4.88.